The summed E-state index contributed by atoms with van der Waals surface area (Å²) in [7, 11) is 6.42. The van der Waals surface area contributed by atoms with E-state index in [1.165, 1.54) is 141 Å². The predicted octanol–water partition coefficient (Wildman–Crippen LogP) is 14.6. The Morgan fingerprint density at radius 3 is 1.20 bits per heavy atom. The first kappa shape index (κ1) is 71.9. The van der Waals surface area contributed by atoms with E-state index in [1.807, 2.05) is 0 Å². The van der Waals surface area contributed by atoms with Crippen LogP contribution in [0.15, 0.2) is 54.6 Å². The highest BCUT2D eigenvalue weighted by Crippen LogP contribution is 2.32. The second-order valence-electron chi connectivity index (χ2n) is 23.4. The van der Waals surface area contributed by atoms with Crippen molar-refractivity contribution in [2.75, 3.05) is 98.4 Å². The molecule has 5 fully saturated rings. The van der Waals surface area contributed by atoms with Gasteiger partial charge in [0, 0.05) is 74.5 Å². The van der Waals surface area contributed by atoms with E-state index in [0.717, 1.165) is 51.6 Å². The second kappa shape index (κ2) is 37.8. The number of likely N-dealkylation sites (tertiary alicyclic amines) is 1. The molecule has 5 aliphatic rings. The average Bonchev–Trinajstić information content (AvgIpc) is 1.45. The molecule has 11 rings (SSSR count). The molecule has 28 heteroatoms. The molecule has 0 radical (unpaired) electrons. The number of aromatic hydroxyl groups is 3. The van der Waals surface area contributed by atoms with Crippen molar-refractivity contribution in [2.45, 2.75) is 160 Å². The minimum Gasteiger partial charge on any atom is -0.506 e. The van der Waals surface area contributed by atoms with Gasteiger partial charge < -0.3 is 67.2 Å². The highest BCUT2D eigenvalue weighted by atomic mass is 35.5. The number of aromatic nitrogens is 9. The maximum atomic E-state index is 9.72. The predicted molar refractivity (Wildman–Crippen MR) is 368 cm³/mol. The first-order chi connectivity index (χ1) is 43.3. The van der Waals surface area contributed by atoms with Crippen molar-refractivity contribution in [2.24, 2.45) is 5.73 Å². The van der Waals surface area contributed by atoms with E-state index in [1.54, 1.807) is 36.4 Å². The van der Waals surface area contributed by atoms with Crippen LogP contribution >= 0.6 is 69.6 Å². The minimum absolute atomic E-state index is 0.0103. The summed E-state index contributed by atoms with van der Waals surface area (Å²) < 4.78 is 0. The average molecular weight is 1360 g/mol. The number of rotatable bonds is 13. The number of halogens is 6. The van der Waals surface area contributed by atoms with Crippen molar-refractivity contribution >= 4 is 122 Å². The van der Waals surface area contributed by atoms with Crippen LogP contribution in [-0.2, 0) is 0 Å². The van der Waals surface area contributed by atoms with Crippen LogP contribution in [0.1, 0.15) is 135 Å². The molecule has 492 valence electrons. The highest BCUT2D eigenvalue weighted by molar-refractivity contribution is 6.33. The van der Waals surface area contributed by atoms with Gasteiger partial charge in [-0.3, -0.25) is 0 Å². The van der Waals surface area contributed by atoms with Gasteiger partial charge in [-0.25, -0.2) is 0 Å². The fourth-order valence-corrected chi connectivity index (χ4v) is 11.9. The van der Waals surface area contributed by atoms with Gasteiger partial charge >= 0.3 is 0 Å². The zero-order valence-corrected chi connectivity index (χ0v) is 56.6. The van der Waals surface area contributed by atoms with E-state index in [0.29, 0.717) is 71.0 Å². The summed E-state index contributed by atoms with van der Waals surface area (Å²) in [6, 6.07) is 16.0. The van der Waals surface area contributed by atoms with E-state index in [-0.39, 0.29) is 54.1 Å². The van der Waals surface area contributed by atoms with Crippen LogP contribution in [-0.4, -0.2) is 166 Å². The lowest BCUT2D eigenvalue weighted by Crippen LogP contribution is -2.44. The molecule has 3 aromatic heterocycles. The molecule has 3 aromatic carbocycles. The van der Waals surface area contributed by atoms with Crippen molar-refractivity contribution in [3.63, 3.8) is 0 Å². The quantitative estimate of drug-likeness (QED) is 0.0384. The topological polar surface area (TPSA) is 276 Å². The van der Waals surface area contributed by atoms with Gasteiger partial charge in [0.05, 0.1) is 15.1 Å². The number of benzene rings is 3. The number of likely N-dealkylation sites (N-methyl/N-ethyl adjacent to an activating group) is 2. The van der Waals surface area contributed by atoms with Gasteiger partial charge in [-0.1, -0.05) is 119 Å². The zero-order chi connectivity index (χ0) is 64.4. The van der Waals surface area contributed by atoms with Crippen LogP contribution in [0.5, 0.6) is 17.2 Å². The summed E-state index contributed by atoms with van der Waals surface area (Å²) >= 11 is 35.0. The molecule has 10 N–H and O–H groups in total. The Kier molecular flexibility index (Phi) is 30.2. The normalized spacial score (nSPS) is 17.5. The van der Waals surface area contributed by atoms with Crippen LogP contribution in [0.4, 0.5) is 52.8 Å². The monoisotopic (exact) mass is 1360 g/mol. The third kappa shape index (κ3) is 25.5. The fraction of sp³-hybridized carbons (Fsp3) is 0.565. The summed E-state index contributed by atoms with van der Waals surface area (Å²) in [5.41, 5.74) is 7.69. The van der Waals surface area contributed by atoms with Crippen LogP contribution in [0.2, 0.25) is 30.9 Å². The number of phenolic OH excluding ortho intramolecular Hbond substituents is 3. The molecule has 3 aliphatic carbocycles. The Labute approximate surface area is 560 Å². The number of phenols is 3. The minimum atomic E-state index is -0.0163. The maximum Gasteiger partial charge on any atom is 0.233 e. The molecule has 2 aliphatic heterocycles. The Morgan fingerprint density at radius 1 is 0.444 bits per heavy atom. The summed E-state index contributed by atoms with van der Waals surface area (Å²) in [6.45, 7) is 10.6. The lowest BCUT2D eigenvalue weighted by atomic mass is 10.0. The molecule has 0 unspecified atom stereocenters. The van der Waals surface area contributed by atoms with Crippen molar-refractivity contribution in [1.29, 1.82) is 0 Å². The number of nitrogens with two attached hydrogens (primary N) is 1. The third-order valence-corrected chi connectivity index (χ3v) is 17.7. The molecule has 0 atom stereocenters. The van der Waals surface area contributed by atoms with Crippen LogP contribution in [0.3, 0.4) is 0 Å². The number of nitrogens with one attached hydrogen (secondary N) is 5. The van der Waals surface area contributed by atoms with Gasteiger partial charge in [0.25, 0.3) is 0 Å². The van der Waals surface area contributed by atoms with E-state index in [4.69, 9.17) is 85.3 Å². The molecule has 6 aromatic rings. The first-order valence-corrected chi connectivity index (χ1v) is 33.7. The number of anilines is 9. The zero-order valence-electron chi connectivity index (χ0n) is 52.1. The van der Waals surface area contributed by atoms with Gasteiger partial charge in [0.2, 0.25) is 51.5 Å². The van der Waals surface area contributed by atoms with Crippen molar-refractivity contribution in [3.8, 4) is 17.2 Å². The molecule has 90 heavy (non-hydrogen) atoms. The van der Waals surface area contributed by atoms with Gasteiger partial charge in [0.1, 0.15) is 17.2 Å². The smallest absolute Gasteiger partial charge is 0.233 e. The second-order valence-corrected chi connectivity index (χ2v) is 25.6. The maximum absolute atomic E-state index is 9.72. The van der Waals surface area contributed by atoms with Gasteiger partial charge in [-0.15, -0.1) is 0 Å². The van der Waals surface area contributed by atoms with E-state index in [2.05, 4.69) is 109 Å². The van der Waals surface area contributed by atoms with E-state index >= 15 is 0 Å². The largest absolute Gasteiger partial charge is 0.506 e. The summed E-state index contributed by atoms with van der Waals surface area (Å²) in [6.07, 6.45) is 24.8. The van der Waals surface area contributed by atoms with Gasteiger partial charge in [0.15, 0.2) is 0 Å². The molecule has 0 bridgehead atoms. The molecule has 22 nitrogen and oxygen atoms in total. The number of piperazine rings is 1. The SMILES string of the molecule is CCN1CCN(C)CC1.CN1CCC(N(C)c2nc(Nc3ccc(O)c(Cl)c3)nc(NC3CCCCCC3)n2)CC1.NC1CCCCCC1.Oc1ccc(Nc2nc(Cl)nc(Cl)n2)cc1Cl.Oc1ccc(Nc2nc(Cl)nc(NC3CCCCCC3)n2)cc1Cl. The highest BCUT2D eigenvalue weighted by Gasteiger charge is 2.25. The first-order valence-electron chi connectivity index (χ1n) is 31.5. The number of nitrogens with zero attached hydrogens (tertiary/aromatic N) is 13. The Balaban J connectivity index is 0.000000174. The fourth-order valence-electron chi connectivity index (χ4n) is 10.9. The number of hydrogen-bond donors (Lipinski definition) is 9. The molecule has 5 heterocycles. The van der Waals surface area contributed by atoms with Crippen molar-refractivity contribution in [3.05, 3.63) is 85.5 Å². The van der Waals surface area contributed by atoms with Gasteiger partial charge in [-0.05, 0) is 174 Å². The molecular weight excluding hydrogens is 1270 g/mol. The molecule has 3 saturated carbocycles. The number of piperidine rings is 1. The van der Waals surface area contributed by atoms with Crippen molar-refractivity contribution in [1.82, 2.24) is 59.6 Å². The van der Waals surface area contributed by atoms with Crippen LogP contribution in [0.25, 0.3) is 0 Å². The lowest BCUT2D eigenvalue weighted by Gasteiger charge is -2.35. The molecule has 0 amide bonds. The Morgan fingerprint density at radius 2 is 0.789 bits per heavy atom. The Bertz CT molecular complexity index is 3090. The molecular formula is C62H89Cl6N19O3. The lowest BCUT2D eigenvalue weighted by molar-refractivity contribution is 0.160. The molecule has 2 saturated heterocycles. The van der Waals surface area contributed by atoms with E-state index < -0.39 is 0 Å². The Hall–Kier alpha value is -5.53. The molecule has 0 spiro atoms. The summed E-state index contributed by atoms with van der Waals surface area (Å²) in [5, 5.41) is 45.3. The number of hydrogen-bond acceptors (Lipinski definition) is 22. The third-order valence-electron chi connectivity index (χ3n) is 16.3. The van der Waals surface area contributed by atoms with Crippen molar-refractivity contribution < 1.29 is 15.3 Å². The summed E-state index contributed by atoms with van der Waals surface area (Å²) in [4.78, 5) is 47.5. The van der Waals surface area contributed by atoms with E-state index in [9.17, 15) is 15.3 Å². The van der Waals surface area contributed by atoms with Gasteiger partial charge in [-0.2, -0.15) is 44.9 Å². The van der Waals surface area contributed by atoms with Crippen LogP contribution in [0, 0.1) is 0 Å². The standard InChI is InChI=1S/C23H34ClN7O.C16H19Cl2N5O.C9H5Cl3N4O.C7H16N2.C7H15N/c1-30-13-11-18(12-14-30)31(2)23-28-21(25-16-7-5-3-4-6-8-16)27-22(29-23)26-17-9-10-20(32)19(24)15-17;17-12-9-11(7-8-13(12)24)20-16-22-14(18)21-15(23-16)19-10-5-3-1-2-4-6-10;10-5-3-4(1-2-6(5)17)13-9-15-7(11)14-8(12)16-9;1-3-9-6-4-8(2)5-7-9;8-7-5-3-1-2-4-6-7/h9-10,15-16,18,32H,3-8,11-14H2,1-2H3,(H2,25,26,27,28,29);7-10,24H,1-6H2,(H2,19,20,21,22,23);1-3,17H,(H,13,14,15,16);3-7H2,1-2H3;7H,1-6,8H2. The van der Waals surface area contributed by atoms with Crippen LogP contribution < -0.4 is 37.2 Å². The summed E-state index contributed by atoms with van der Waals surface area (Å²) in [5.74, 6) is 2.78.